The second-order valence-electron chi connectivity index (χ2n) is 12.9. The van der Waals surface area contributed by atoms with Crippen LogP contribution in [0.25, 0.3) is 66.8 Å². The van der Waals surface area contributed by atoms with Crippen molar-refractivity contribution in [3.8, 4) is 55.9 Å². The van der Waals surface area contributed by atoms with Gasteiger partial charge >= 0.3 is 0 Å². The third kappa shape index (κ3) is 5.43. The molecular formula is C47H35N3. The van der Waals surface area contributed by atoms with Gasteiger partial charge in [0.25, 0.3) is 0 Å². The van der Waals surface area contributed by atoms with Crippen LogP contribution in [-0.4, -0.2) is 9.97 Å². The molecule has 0 bridgehead atoms. The molecule has 1 N–H and O–H groups in total. The van der Waals surface area contributed by atoms with Gasteiger partial charge in [-0.25, -0.2) is 4.98 Å². The van der Waals surface area contributed by atoms with Gasteiger partial charge in [0.05, 0.1) is 28.6 Å². The summed E-state index contributed by atoms with van der Waals surface area (Å²) in [6.45, 7) is 0. The third-order valence-corrected chi connectivity index (χ3v) is 9.90. The van der Waals surface area contributed by atoms with E-state index in [0.29, 0.717) is 0 Å². The van der Waals surface area contributed by atoms with Crippen LogP contribution in [0.4, 0.5) is 5.69 Å². The molecule has 0 aliphatic carbocycles. The Morgan fingerprint density at radius 1 is 0.460 bits per heavy atom. The SMILES string of the molecule is c1ccc(-c2nc(-c3ccccc3)c(-c3ccccc3)c(-c3ccc(C4CCc5ccc6cccnc6c5N4)cc3)c2-c2ccccc2)cc1. The normalized spacial score (nSPS) is 13.8. The Balaban J connectivity index is 1.27. The average molecular weight is 642 g/mol. The monoisotopic (exact) mass is 641 g/mol. The van der Waals surface area contributed by atoms with Crippen LogP contribution in [0, 0.1) is 0 Å². The Hall–Kier alpha value is -6.32. The van der Waals surface area contributed by atoms with Gasteiger partial charge in [0.2, 0.25) is 0 Å². The molecular weight excluding hydrogens is 607 g/mol. The zero-order valence-corrected chi connectivity index (χ0v) is 27.6. The van der Waals surface area contributed by atoms with Crippen molar-refractivity contribution in [2.24, 2.45) is 0 Å². The molecule has 1 unspecified atom stereocenters. The van der Waals surface area contributed by atoms with Crippen molar-refractivity contribution in [3.05, 3.63) is 187 Å². The number of nitrogens with zero attached hydrogens (tertiary/aromatic N) is 2. The fraction of sp³-hybridized carbons (Fsp3) is 0.0638. The number of pyridine rings is 2. The van der Waals surface area contributed by atoms with Crippen molar-refractivity contribution < 1.29 is 0 Å². The van der Waals surface area contributed by atoms with Crippen molar-refractivity contribution in [3.63, 3.8) is 0 Å². The summed E-state index contributed by atoms with van der Waals surface area (Å²) in [5.41, 5.74) is 15.8. The molecule has 9 rings (SSSR count). The molecule has 0 saturated carbocycles. The highest BCUT2D eigenvalue weighted by Gasteiger charge is 2.26. The molecule has 2 aromatic heterocycles. The first-order valence-corrected chi connectivity index (χ1v) is 17.3. The summed E-state index contributed by atoms with van der Waals surface area (Å²) in [5.74, 6) is 0. The minimum Gasteiger partial charge on any atom is -0.376 e. The molecule has 0 fully saturated rings. The molecule has 1 atom stereocenters. The largest absolute Gasteiger partial charge is 0.376 e. The maximum absolute atomic E-state index is 5.57. The Labute approximate surface area is 293 Å². The van der Waals surface area contributed by atoms with Crippen molar-refractivity contribution in [1.29, 1.82) is 0 Å². The smallest absolute Gasteiger partial charge is 0.0936 e. The zero-order chi connectivity index (χ0) is 33.3. The number of hydrogen-bond acceptors (Lipinski definition) is 3. The van der Waals surface area contributed by atoms with Crippen LogP contribution in [0.2, 0.25) is 0 Å². The number of aryl methyl sites for hydroxylation is 1. The molecule has 1 aliphatic heterocycles. The van der Waals surface area contributed by atoms with E-state index in [1.807, 2.05) is 12.3 Å². The van der Waals surface area contributed by atoms with E-state index in [1.165, 1.54) is 16.7 Å². The summed E-state index contributed by atoms with van der Waals surface area (Å²) in [6, 6.07) is 60.7. The van der Waals surface area contributed by atoms with Gasteiger partial charge in [-0.1, -0.05) is 164 Å². The Kier molecular flexibility index (Phi) is 7.71. The molecule has 6 aromatic carbocycles. The minimum absolute atomic E-state index is 0.198. The summed E-state index contributed by atoms with van der Waals surface area (Å²) >= 11 is 0. The van der Waals surface area contributed by atoms with E-state index in [-0.39, 0.29) is 6.04 Å². The van der Waals surface area contributed by atoms with E-state index in [4.69, 9.17) is 9.97 Å². The minimum atomic E-state index is 0.198. The van der Waals surface area contributed by atoms with Crippen LogP contribution < -0.4 is 5.32 Å². The second kappa shape index (κ2) is 12.9. The Morgan fingerprint density at radius 3 is 1.54 bits per heavy atom. The summed E-state index contributed by atoms with van der Waals surface area (Å²) in [7, 11) is 0. The summed E-state index contributed by atoms with van der Waals surface area (Å²) in [6.07, 6.45) is 3.93. The van der Waals surface area contributed by atoms with Crippen molar-refractivity contribution >= 4 is 16.6 Å². The number of hydrogen-bond donors (Lipinski definition) is 1. The van der Waals surface area contributed by atoms with Gasteiger partial charge in [-0.15, -0.1) is 0 Å². The van der Waals surface area contributed by atoms with Crippen molar-refractivity contribution in [2.45, 2.75) is 18.9 Å². The standard InChI is InChI=1S/C47H35N3/c1-5-14-33(15-6-1)42-41(35-25-23-32(24-26-35)40-30-29-39-28-27-38-22-13-31-48-46(38)47(39)49-40)43(34-16-7-2-8-17-34)45(37-20-11-4-12-21-37)50-44(42)36-18-9-3-10-19-36/h1-28,31,40,49H,29-30H2. The third-order valence-electron chi connectivity index (χ3n) is 9.90. The molecule has 3 nitrogen and oxygen atoms in total. The fourth-order valence-electron chi connectivity index (χ4n) is 7.49. The second-order valence-corrected chi connectivity index (χ2v) is 12.9. The predicted octanol–water partition coefficient (Wildman–Crippen LogP) is 12.1. The summed E-state index contributed by atoms with van der Waals surface area (Å²) in [4.78, 5) is 10.3. The zero-order valence-electron chi connectivity index (χ0n) is 27.6. The quantitative estimate of drug-likeness (QED) is 0.196. The topological polar surface area (TPSA) is 37.8 Å². The highest BCUT2D eigenvalue weighted by molar-refractivity contribution is 6.05. The van der Waals surface area contributed by atoms with Gasteiger partial charge < -0.3 is 5.32 Å². The van der Waals surface area contributed by atoms with Crippen LogP contribution >= 0.6 is 0 Å². The molecule has 238 valence electrons. The molecule has 8 aromatic rings. The Morgan fingerprint density at radius 2 is 0.980 bits per heavy atom. The highest BCUT2D eigenvalue weighted by Crippen LogP contribution is 2.49. The molecule has 0 saturated heterocycles. The lowest BCUT2D eigenvalue weighted by molar-refractivity contribution is 0.669. The molecule has 3 heteroatoms. The number of rotatable bonds is 6. The van der Waals surface area contributed by atoms with Gasteiger partial charge in [-0.05, 0) is 46.7 Å². The van der Waals surface area contributed by atoms with Crippen LogP contribution in [0.3, 0.4) is 0 Å². The van der Waals surface area contributed by atoms with E-state index in [9.17, 15) is 0 Å². The average Bonchev–Trinajstić information content (AvgIpc) is 3.21. The van der Waals surface area contributed by atoms with Gasteiger partial charge in [-0.3, -0.25) is 4.98 Å². The first-order chi connectivity index (χ1) is 24.8. The number of nitrogens with one attached hydrogen (secondary N) is 1. The van der Waals surface area contributed by atoms with Gasteiger partial charge in [0.15, 0.2) is 0 Å². The van der Waals surface area contributed by atoms with E-state index in [2.05, 4.69) is 169 Å². The van der Waals surface area contributed by atoms with Gasteiger partial charge in [0.1, 0.15) is 0 Å². The summed E-state index contributed by atoms with van der Waals surface area (Å²) in [5, 5.41) is 5.04. The van der Waals surface area contributed by atoms with E-state index in [1.54, 1.807) is 0 Å². The lowest BCUT2D eigenvalue weighted by Crippen LogP contribution is -2.18. The van der Waals surface area contributed by atoms with E-state index < -0.39 is 0 Å². The fourth-order valence-corrected chi connectivity index (χ4v) is 7.49. The van der Waals surface area contributed by atoms with Crippen molar-refractivity contribution in [2.75, 3.05) is 5.32 Å². The van der Waals surface area contributed by atoms with Crippen LogP contribution in [0.5, 0.6) is 0 Å². The van der Waals surface area contributed by atoms with Gasteiger partial charge in [0, 0.05) is 39.4 Å². The number of benzene rings is 6. The molecule has 50 heavy (non-hydrogen) atoms. The van der Waals surface area contributed by atoms with Crippen LogP contribution in [-0.2, 0) is 6.42 Å². The molecule has 1 aliphatic rings. The number of aromatic nitrogens is 2. The maximum atomic E-state index is 5.57. The Bertz CT molecular complexity index is 2320. The van der Waals surface area contributed by atoms with E-state index >= 15 is 0 Å². The van der Waals surface area contributed by atoms with Crippen LogP contribution in [0.1, 0.15) is 23.6 Å². The van der Waals surface area contributed by atoms with Gasteiger partial charge in [-0.2, -0.15) is 0 Å². The lowest BCUT2D eigenvalue weighted by atomic mass is 9.83. The van der Waals surface area contributed by atoms with Crippen LogP contribution in [0.15, 0.2) is 176 Å². The molecule has 0 spiro atoms. The summed E-state index contributed by atoms with van der Waals surface area (Å²) < 4.78 is 0. The molecule has 0 radical (unpaired) electrons. The maximum Gasteiger partial charge on any atom is 0.0936 e. The number of fused-ring (bicyclic) bond motifs is 3. The predicted molar refractivity (Wildman–Crippen MR) is 208 cm³/mol. The van der Waals surface area contributed by atoms with E-state index in [0.717, 1.165) is 79.8 Å². The highest BCUT2D eigenvalue weighted by atomic mass is 14.9. The first-order valence-electron chi connectivity index (χ1n) is 17.3. The first kappa shape index (κ1) is 29.8. The molecule has 3 heterocycles. The molecule has 0 amide bonds. The number of anilines is 1. The van der Waals surface area contributed by atoms with Crippen molar-refractivity contribution in [1.82, 2.24) is 9.97 Å². The lowest BCUT2D eigenvalue weighted by Gasteiger charge is -2.28.